The van der Waals surface area contributed by atoms with E-state index >= 15 is 0 Å². The van der Waals surface area contributed by atoms with Gasteiger partial charge in [-0.2, -0.15) is 0 Å². The maximum absolute atomic E-state index is 13.7. The molecular formula is C25H17BrO2. The third kappa shape index (κ3) is 1.66. The number of halogens is 1. The molecule has 1 spiro atoms. The fourth-order valence-electron chi connectivity index (χ4n) is 5.74. The summed E-state index contributed by atoms with van der Waals surface area (Å²) in [5.74, 6) is -0.319. The van der Waals surface area contributed by atoms with Crippen LogP contribution in [0.15, 0.2) is 72.8 Å². The van der Waals surface area contributed by atoms with Crippen molar-refractivity contribution < 1.29 is 9.59 Å². The topological polar surface area (TPSA) is 34.1 Å². The van der Waals surface area contributed by atoms with E-state index in [4.69, 9.17) is 0 Å². The lowest BCUT2D eigenvalue weighted by Crippen LogP contribution is -2.32. The summed E-state index contributed by atoms with van der Waals surface area (Å²) in [6, 6.07) is 23.9. The highest BCUT2D eigenvalue weighted by Crippen LogP contribution is 2.75. The molecule has 0 aromatic heterocycles. The van der Waals surface area contributed by atoms with Gasteiger partial charge in [-0.05, 0) is 35.1 Å². The Bertz CT molecular complexity index is 1150. The first-order valence-corrected chi connectivity index (χ1v) is 10.4. The predicted molar refractivity (Wildman–Crippen MR) is 111 cm³/mol. The number of fused-ring (bicyclic) bond motifs is 8. The molecule has 1 saturated carbocycles. The predicted octanol–water partition coefficient (Wildman–Crippen LogP) is 4.91. The fourth-order valence-corrected chi connectivity index (χ4v) is 7.04. The van der Waals surface area contributed by atoms with Crippen molar-refractivity contribution in [3.05, 3.63) is 106 Å². The molecule has 3 aliphatic carbocycles. The molecule has 0 heterocycles. The molecule has 6 rings (SSSR count). The Morgan fingerprint density at radius 2 is 1.21 bits per heavy atom. The molecular weight excluding hydrogens is 412 g/mol. The molecule has 0 amide bonds. The van der Waals surface area contributed by atoms with Crippen LogP contribution in [-0.2, 0) is 18.3 Å². The Balaban J connectivity index is 1.72. The van der Waals surface area contributed by atoms with Crippen LogP contribution in [0, 0.1) is 5.92 Å². The van der Waals surface area contributed by atoms with Crippen LogP contribution >= 0.6 is 15.9 Å². The number of carbonyl (C=O) groups excluding carboxylic acids is 2. The van der Waals surface area contributed by atoms with Gasteiger partial charge in [0.1, 0.15) is 4.32 Å². The maximum Gasteiger partial charge on any atom is 0.182 e. The lowest BCUT2D eigenvalue weighted by Gasteiger charge is -2.24. The van der Waals surface area contributed by atoms with Crippen LogP contribution < -0.4 is 0 Å². The Morgan fingerprint density at radius 1 is 0.714 bits per heavy atom. The first-order chi connectivity index (χ1) is 13.6. The van der Waals surface area contributed by atoms with Gasteiger partial charge in [0.2, 0.25) is 0 Å². The average Bonchev–Trinajstić information content (AvgIpc) is 3.36. The number of hydrogen-bond donors (Lipinski definition) is 0. The Hall–Kier alpha value is -2.52. The highest BCUT2D eigenvalue weighted by Gasteiger charge is 2.85. The smallest absolute Gasteiger partial charge is 0.182 e. The zero-order valence-electron chi connectivity index (χ0n) is 15.1. The first-order valence-electron chi connectivity index (χ1n) is 9.65. The average molecular weight is 429 g/mol. The van der Waals surface area contributed by atoms with Gasteiger partial charge >= 0.3 is 0 Å². The van der Waals surface area contributed by atoms with Gasteiger partial charge in [-0.1, -0.05) is 88.7 Å². The third-order valence-electron chi connectivity index (χ3n) is 6.90. The van der Waals surface area contributed by atoms with E-state index in [2.05, 4.69) is 40.2 Å². The van der Waals surface area contributed by atoms with E-state index < -0.39 is 15.7 Å². The number of carbonyl (C=O) groups is 2. The summed E-state index contributed by atoms with van der Waals surface area (Å²) in [6.45, 7) is 0. The molecule has 2 unspecified atom stereocenters. The van der Waals surface area contributed by atoms with E-state index in [1.54, 1.807) is 12.1 Å². The van der Waals surface area contributed by atoms with Gasteiger partial charge in [0.25, 0.3) is 0 Å². The second-order valence-corrected chi connectivity index (χ2v) is 9.26. The standard InChI is InChI=1S/C25H17BrO2/c26-25-22(21(27)17-9-3-4-10-18(17)23(25)28)24(25)19-11-5-1-7-15(19)13-14-16-8-2-6-12-20(16)24/h1-12,22H,13-14H2. The Kier molecular flexibility index (Phi) is 3.11. The van der Waals surface area contributed by atoms with E-state index in [9.17, 15) is 9.59 Å². The molecule has 136 valence electrons. The molecule has 0 saturated heterocycles. The number of alkyl halides is 1. The number of benzene rings is 3. The number of Topliss-reactive ketones (excluding diaryl/α,β-unsaturated/α-hetero) is 2. The zero-order valence-corrected chi connectivity index (χ0v) is 16.7. The van der Waals surface area contributed by atoms with Gasteiger partial charge in [0.15, 0.2) is 11.6 Å². The van der Waals surface area contributed by atoms with Crippen molar-refractivity contribution in [1.82, 2.24) is 0 Å². The highest BCUT2D eigenvalue weighted by molar-refractivity contribution is 9.10. The monoisotopic (exact) mass is 428 g/mol. The molecule has 0 radical (unpaired) electrons. The summed E-state index contributed by atoms with van der Waals surface area (Å²) >= 11 is 3.87. The minimum Gasteiger partial charge on any atom is -0.294 e. The SMILES string of the molecule is O=C1c2ccccc2C(=O)C2(Br)C1C21c2ccccc2CCc2ccccc21. The van der Waals surface area contributed by atoms with Crippen LogP contribution in [0.25, 0.3) is 0 Å². The van der Waals surface area contributed by atoms with E-state index in [-0.39, 0.29) is 11.6 Å². The van der Waals surface area contributed by atoms with Crippen molar-refractivity contribution in [3.8, 4) is 0 Å². The van der Waals surface area contributed by atoms with E-state index in [1.807, 2.05) is 36.4 Å². The molecule has 1 fully saturated rings. The molecule has 2 nitrogen and oxygen atoms in total. The maximum atomic E-state index is 13.7. The molecule has 0 bridgehead atoms. The lowest BCUT2D eigenvalue weighted by atomic mass is 9.81. The van der Waals surface area contributed by atoms with Crippen LogP contribution in [0.1, 0.15) is 43.0 Å². The first kappa shape index (κ1) is 16.4. The molecule has 3 aromatic rings. The van der Waals surface area contributed by atoms with Crippen molar-refractivity contribution in [2.24, 2.45) is 5.92 Å². The molecule has 28 heavy (non-hydrogen) atoms. The van der Waals surface area contributed by atoms with Crippen LogP contribution in [0.5, 0.6) is 0 Å². The van der Waals surface area contributed by atoms with Gasteiger partial charge in [-0.3, -0.25) is 9.59 Å². The number of aryl methyl sites for hydroxylation is 2. The van der Waals surface area contributed by atoms with Crippen LogP contribution in [0.2, 0.25) is 0 Å². The number of ketones is 2. The molecule has 3 aromatic carbocycles. The normalized spacial score (nSPS) is 26.0. The number of hydrogen-bond acceptors (Lipinski definition) is 2. The molecule has 0 N–H and O–H groups in total. The quantitative estimate of drug-likeness (QED) is 0.476. The minimum absolute atomic E-state index is 0.0270. The molecule has 2 atom stereocenters. The minimum atomic E-state index is -0.915. The van der Waals surface area contributed by atoms with Gasteiger partial charge in [0.05, 0.1) is 11.3 Å². The Labute approximate surface area is 171 Å². The summed E-state index contributed by atoms with van der Waals surface area (Å²) < 4.78 is -0.915. The molecule has 3 aliphatic rings. The van der Waals surface area contributed by atoms with Crippen LogP contribution in [0.4, 0.5) is 0 Å². The van der Waals surface area contributed by atoms with Crippen molar-refractivity contribution in [3.63, 3.8) is 0 Å². The summed E-state index contributed by atoms with van der Waals surface area (Å²) in [4.78, 5) is 27.4. The summed E-state index contributed by atoms with van der Waals surface area (Å²) in [5.41, 5.74) is 5.16. The van der Waals surface area contributed by atoms with Crippen molar-refractivity contribution >= 4 is 27.5 Å². The molecule has 3 heteroatoms. The third-order valence-corrected chi connectivity index (χ3v) is 8.34. The van der Waals surface area contributed by atoms with E-state index in [0.29, 0.717) is 11.1 Å². The van der Waals surface area contributed by atoms with Crippen molar-refractivity contribution in [2.75, 3.05) is 0 Å². The van der Waals surface area contributed by atoms with E-state index in [1.165, 1.54) is 11.1 Å². The fraction of sp³-hybridized carbons (Fsp3) is 0.200. The summed E-state index contributed by atoms with van der Waals surface area (Å²) in [5, 5.41) is 0. The summed E-state index contributed by atoms with van der Waals surface area (Å²) in [6.07, 6.45) is 1.83. The van der Waals surface area contributed by atoms with Crippen LogP contribution in [-0.4, -0.2) is 15.9 Å². The van der Waals surface area contributed by atoms with E-state index in [0.717, 1.165) is 24.0 Å². The summed E-state index contributed by atoms with van der Waals surface area (Å²) in [7, 11) is 0. The lowest BCUT2D eigenvalue weighted by molar-refractivity contribution is 0.0893. The largest absolute Gasteiger partial charge is 0.294 e. The second-order valence-electron chi connectivity index (χ2n) is 8.01. The second kappa shape index (κ2) is 5.30. The van der Waals surface area contributed by atoms with Gasteiger partial charge in [-0.25, -0.2) is 0 Å². The zero-order chi connectivity index (χ0) is 19.1. The van der Waals surface area contributed by atoms with Crippen molar-refractivity contribution in [2.45, 2.75) is 22.6 Å². The van der Waals surface area contributed by atoms with Gasteiger partial charge < -0.3 is 0 Å². The molecule has 0 aliphatic heterocycles. The van der Waals surface area contributed by atoms with Gasteiger partial charge in [0, 0.05) is 11.1 Å². The van der Waals surface area contributed by atoms with Crippen molar-refractivity contribution in [1.29, 1.82) is 0 Å². The number of rotatable bonds is 0. The van der Waals surface area contributed by atoms with Crippen LogP contribution in [0.3, 0.4) is 0 Å². The Morgan fingerprint density at radius 3 is 1.82 bits per heavy atom. The van der Waals surface area contributed by atoms with Gasteiger partial charge in [-0.15, -0.1) is 0 Å². The highest BCUT2D eigenvalue weighted by atomic mass is 79.9.